The van der Waals surface area contributed by atoms with Crippen LogP contribution in [0.25, 0.3) is 0 Å². The molecule has 0 aliphatic heterocycles. The molecule has 0 radical (unpaired) electrons. The van der Waals surface area contributed by atoms with Gasteiger partial charge in [-0.2, -0.15) is 0 Å². The van der Waals surface area contributed by atoms with Crippen LogP contribution in [0.2, 0.25) is 0 Å². The number of benzene rings is 2. The predicted molar refractivity (Wildman–Crippen MR) is 106 cm³/mol. The number of likely N-dealkylation sites (N-methyl/N-ethyl adjacent to an activating group) is 1. The number of rotatable bonds is 6. The maximum Gasteiger partial charge on any atom is 0.331 e. The summed E-state index contributed by atoms with van der Waals surface area (Å²) in [5.74, 6) is -0.436. The van der Waals surface area contributed by atoms with E-state index in [1.807, 2.05) is 13.8 Å². The molecule has 0 spiro atoms. The summed E-state index contributed by atoms with van der Waals surface area (Å²) in [6, 6.07) is 10.2. The first-order valence-electron chi connectivity index (χ1n) is 8.40. The molecule has 2 N–H and O–H groups in total. The van der Waals surface area contributed by atoms with E-state index in [-0.39, 0.29) is 17.2 Å². The normalized spacial score (nSPS) is 11.0. The Morgan fingerprint density at radius 1 is 1.00 bits per heavy atom. The Hall–Kier alpha value is -3.07. The topological polar surface area (TPSA) is 110 Å². The number of anilines is 1. The van der Waals surface area contributed by atoms with Crippen molar-refractivity contribution < 1.29 is 22.7 Å². The van der Waals surface area contributed by atoms with Crippen LogP contribution in [0.1, 0.15) is 11.1 Å². The highest BCUT2D eigenvalue weighted by Gasteiger charge is 2.22. The number of aryl methyl sites for hydroxylation is 2. The van der Waals surface area contributed by atoms with Crippen LogP contribution in [-0.2, 0) is 14.8 Å². The fourth-order valence-corrected chi connectivity index (χ4v) is 3.61. The molecule has 28 heavy (non-hydrogen) atoms. The lowest BCUT2D eigenvalue weighted by Gasteiger charge is -2.20. The molecule has 0 aromatic heterocycles. The van der Waals surface area contributed by atoms with Crippen molar-refractivity contribution in [2.24, 2.45) is 5.73 Å². The Morgan fingerprint density at radius 2 is 1.61 bits per heavy atom. The molecule has 0 atom stereocenters. The minimum absolute atomic E-state index is 0.197. The summed E-state index contributed by atoms with van der Waals surface area (Å²) in [5.41, 5.74) is 7.36. The Kier molecular flexibility index (Phi) is 6.30. The Morgan fingerprint density at radius 3 is 2.14 bits per heavy atom. The second-order valence-electron chi connectivity index (χ2n) is 6.38. The summed E-state index contributed by atoms with van der Waals surface area (Å²) < 4.78 is 31.9. The van der Waals surface area contributed by atoms with E-state index in [0.717, 1.165) is 20.3 Å². The summed E-state index contributed by atoms with van der Waals surface area (Å²) in [6.07, 6.45) is 0. The van der Waals surface area contributed by atoms with Crippen LogP contribution in [0, 0.1) is 13.8 Å². The van der Waals surface area contributed by atoms with Crippen molar-refractivity contribution in [3.05, 3.63) is 53.6 Å². The minimum Gasteiger partial charge on any atom is -0.425 e. The predicted octanol–water partition coefficient (Wildman–Crippen LogP) is 2.04. The van der Waals surface area contributed by atoms with Gasteiger partial charge in [-0.3, -0.25) is 4.31 Å². The summed E-state index contributed by atoms with van der Waals surface area (Å²) in [7, 11) is -0.899. The van der Waals surface area contributed by atoms with Crippen molar-refractivity contribution in [1.82, 2.24) is 4.90 Å². The Bertz CT molecular complexity index is 987. The average Bonchev–Trinajstić information content (AvgIpc) is 2.63. The van der Waals surface area contributed by atoms with Crippen LogP contribution in [0.15, 0.2) is 47.4 Å². The van der Waals surface area contributed by atoms with E-state index in [9.17, 15) is 18.0 Å². The molecule has 0 heterocycles. The molecule has 2 aromatic carbocycles. The molecule has 0 aliphatic rings. The minimum atomic E-state index is -3.73. The third-order valence-corrected chi connectivity index (χ3v) is 6.09. The highest BCUT2D eigenvalue weighted by atomic mass is 32.2. The van der Waals surface area contributed by atoms with E-state index in [1.54, 1.807) is 18.2 Å². The van der Waals surface area contributed by atoms with Gasteiger partial charge in [0.25, 0.3) is 10.0 Å². The fraction of sp³-hybridized carbons (Fsp3) is 0.263. The van der Waals surface area contributed by atoms with Gasteiger partial charge in [0.2, 0.25) is 0 Å². The van der Waals surface area contributed by atoms with Gasteiger partial charge in [-0.1, -0.05) is 6.07 Å². The van der Waals surface area contributed by atoms with Crippen LogP contribution < -0.4 is 14.8 Å². The number of hydrogen-bond donors (Lipinski definition) is 1. The first kappa shape index (κ1) is 21.2. The van der Waals surface area contributed by atoms with E-state index in [1.165, 1.54) is 38.4 Å². The lowest BCUT2D eigenvalue weighted by molar-refractivity contribution is -0.134. The second-order valence-corrected chi connectivity index (χ2v) is 8.35. The molecule has 150 valence electrons. The summed E-state index contributed by atoms with van der Waals surface area (Å²) in [5, 5.41) is 0. The molecule has 0 saturated carbocycles. The SMILES string of the molecule is Cc1ccc(S(=O)(=O)N(C)c2ccc(OC(=O)CN(C)C(N)=O)cc2)cc1C. The van der Waals surface area contributed by atoms with E-state index >= 15 is 0 Å². The number of urea groups is 1. The van der Waals surface area contributed by atoms with Gasteiger partial charge in [0, 0.05) is 14.1 Å². The van der Waals surface area contributed by atoms with Crippen LogP contribution >= 0.6 is 0 Å². The van der Waals surface area contributed by atoms with E-state index in [0.29, 0.717) is 5.69 Å². The van der Waals surface area contributed by atoms with Crippen LogP contribution in [0.4, 0.5) is 10.5 Å². The molecule has 9 heteroatoms. The van der Waals surface area contributed by atoms with Crippen molar-refractivity contribution >= 4 is 27.7 Å². The third-order valence-electron chi connectivity index (χ3n) is 4.31. The van der Waals surface area contributed by atoms with Gasteiger partial charge in [0.15, 0.2) is 0 Å². The number of sulfonamides is 1. The molecule has 0 saturated heterocycles. The Balaban J connectivity index is 2.14. The summed E-state index contributed by atoms with van der Waals surface area (Å²) in [4.78, 5) is 23.9. The quantitative estimate of drug-likeness (QED) is 0.584. The smallest absolute Gasteiger partial charge is 0.331 e. The monoisotopic (exact) mass is 405 g/mol. The number of primary amides is 1. The van der Waals surface area contributed by atoms with Crippen molar-refractivity contribution in [3.8, 4) is 5.75 Å². The van der Waals surface area contributed by atoms with Crippen molar-refractivity contribution in [1.29, 1.82) is 0 Å². The van der Waals surface area contributed by atoms with E-state index in [4.69, 9.17) is 10.5 Å². The molecular formula is C19H23N3O5S. The van der Waals surface area contributed by atoms with Gasteiger partial charge >= 0.3 is 12.0 Å². The Labute approximate surface area is 164 Å². The zero-order chi connectivity index (χ0) is 21.1. The van der Waals surface area contributed by atoms with Crippen LogP contribution in [0.5, 0.6) is 5.75 Å². The molecule has 0 unspecified atom stereocenters. The molecule has 2 amide bonds. The molecule has 8 nitrogen and oxygen atoms in total. The van der Waals surface area contributed by atoms with Gasteiger partial charge in [-0.15, -0.1) is 0 Å². The van der Waals surface area contributed by atoms with Gasteiger partial charge in [-0.25, -0.2) is 18.0 Å². The zero-order valence-corrected chi connectivity index (χ0v) is 17.0. The molecule has 0 fully saturated rings. The summed E-state index contributed by atoms with van der Waals surface area (Å²) >= 11 is 0. The zero-order valence-electron chi connectivity index (χ0n) is 16.2. The number of ether oxygens (including phenoxy) is 1. The van der Waals surface area contributed by atoms with Gasteiger partial charge in [0.1, 0.15) is 12.3 Å². The van der Waals surface area contributed by atoms with Crippen molar-refractivity contribution in [2.75, 3.05) is 24.9 Å². The first-order valence-corrected chi connectivity index (χ1v) is 9.84. The first-order chi connectivity index (χ1) is 13.0. The van der Waals surface area contributed by atoms with Crippen LogP contribution in [-0.4, -0.2) is 46.0 Å². The number of carbonyl (C=O) groups is 2. The van der Waals surface area contributed by atoms with Crippen molar-refractivity contribution in [2.45, 2.75) is 18.7 Å². The fourth-order valence-electron chi connectivity index (χ4n) is 2.33. The standard InChI is InChI=1S/C19H23N3O5S/c1-13-5-10-17(11-14(13)2)28(25,26)22(4)15-6-8-16(9-7-15)27-18(23)12-21(3)19(20)24/h5-11H,12H2,1-4H3,(H2,20,24). The third kappa shape index (κ3) is 4.80. The van der Waals surface area contributed by atoms with E-state index < -0.39 is 22.0 Å². The molecule has 0 aliphatic carbocycles. The highest BCUT2D eigenvalue weighted by molar-refractivity contribution is 7.92. The van der Waals surface area contributed by atoms with Gasteiger partial charge in [0.05, 0.1) is 10.6 Å². The number of esters is 1. The van der Waals surface area contributed by atoms with E-state index in [2.05, 4.69) is 0 Å². The molecule has 2 rings (SSSR count). The lowest BCUT2D eigenvalue weighted by Crippen LogP contribution is -2.37. The number of nitrogens with zero attached hydrogens (tertiary/aromatic N) is 2. The molecular weight excluding hydrogens is 382 g/mol. The molecule has 0 bridgehead atoms. The maximum atomic E-state index is 12.8. The largest absolute Gasteiger partial charge is 0.425 e. The highest BCUT2D eigenvalue weighted by Crippen LogP contribution is 2.25. The number of carbonyl (C=O) groups excluding carboxylic acids is 2. The average molecular weight is 405 g/mol. The van der Waals surface area contributed by atoms with Crippen LogP contribution in [0.3, 0.4) is 0 Å². The van der Waals surface area contributed by atoms with Crippen molar-refractivity contribution in [3.63, 3.8) is 0 Å². The lowest BCUT2D eigenvalue weighted by atomic mass is 10.1. The summed E-state index contributed by atoms with van der Waals surface area (Å²) in [6.45, 7) is 3.47. The van der Waals surface area contributed by atoms with Gasteiger partial charge in [-0.05, 0) is 61.4 Å². The van der Waals surface area contributed by atoms with Gasteiger partial charge < -0.3 is 15.4 Å². The molecule has 2 aromatic rings. The number of hydrogen-bond acceptors (Lipinski definition) is 5. The second kappa shape index (κ2) is 8.30. The maximum absolute atomic E-state index is 12.8. The number of amides is 2. The number of nitrogens with two attached hydrogens (primary N) is 1.